The van der Waals surface area contributed by atoms with Crippen molar-refractivity contribution in [2.24, 2.45) is 0 Å². The van der Waals surface area contributed by atoms with Gasteiger partial charge in [0.05, 0.1) is 18.2 Å². The van der Waals surface area contributed by atoms with Crippen LogP contribution in [0.3, 0.4) is 0 Å². The number of carbonyl (C=O) groups excluding carboxylic acids is 1. The Morgan fingerprint density at radius 3 is 3.16 bits per heavy atom. The number of carbonyl (C=O) groups is 1. The fraction of sp³-hybridized carbons (Fsp3) is 0.571. The Labute approximate surface area is 113 Å². The molecular weight excluding hydrogens is 242 g/mol. The molecule has 0 bridgehead atoms. The number of anilines is 1. The second kappa shape index (κ2) is 6.52. The van der Waals surface area contributed by atoms with Gasteiger partial charge < -0.3 is 15.3 Å². The lowest BCUT2D eigenvalue weighted by Crippen LogP contribution is -2.45. The fourth-order valence-electron chi connectivity index (χ4n) is 2.50. The van der Waals surface area contributed by atoms with Crippen molar-refractivity contribution in [1.82, 2.24) is 9.88 Å². The summed E-state index contributed by atoms with van der Waals surface area (Å²) >= 11 is 0. The minimum absolute atomic E-state index is 0.0303. The number of aliphatic hydroxyl groups excluding tert-OH is 1. The van der Waals surface area contributed by atoms with E-state index < -0.39 is 0 Å². The molecule has 0 radical (unpaired) electrons. The molecule has 1 aliphatic heterocycles. The van der Waals surface area contributed by atoms with Gasteiger partial charge in [-0.05, 0) is 38.3 Å². The SMILES string of the molecule is CCNc1ncccc1C(=O)N1CCCCC1CO. The number of hydrogen-bond acceptors (Lipinski definition) is 4. The molecule has 0 aromatic carbocycles. The minimum Gasteiger partial charge on any atom is -0.394 e. The number of rotatable bonds is 4. The smallest absolute Gasteiger partial charge is 0.257 e. The monoisotopic (exact) mass is 263 g/mol. The molecule has 0 aliphatic carbocycles. The summed E-state index contributed by atoms with van der Waals surface area (Å²) in [5.74, 6) is 0.583. The molecule has 2 N–H and O–H groups in total. The maximum atomic E-state index is 12.6. The summed E-state index contributed by atoms with van der Waals surface area (Å²) < 4.78 is 0. The Morgan fingerprint density at radius 2 is 2.42 bits per heavy atom. The van der Waals surface area contributed by atoms with Gasteiger partial charge in [0, 0.05) is 19.3 Å². The average Bonchev–Trinajstić information content (AvgIpc) is 2.47. The molecule has 0 saturated carbocycles. The quantitative estimate of drug-likeness (QED) is 0.864. The van der Waals surface area contributed by atoms with Gasteiger partial charge in [-0.25, -0.2) is 4.98 Å². The molecule has 1 aromatic heterocycles. The zero-order chi connectivity index (χ0) is 13.7. The van der Waals surface area contributed by atoms with Gasteiger partial charge in [0.15, 0.2) is 0 Å². The molecule has 5 nitrogen and oxygen atoms in total. The fourth-order valence-corrected chi connectivity index (χ4v) is 2.50. The van der Waals surface area contributed by atoms with Crippen molar-refractivity contribution in [2.45, 2.75) is 32.2 Å². The van der Waals surface area contributed by atoms with E-state index in [2.05, 4.69) is 10.3 Å². The van der Waals surface area contributed by atoms with E-state index in [1.807, 2.05) is 6.92 Å². The van der Waals surface area contributed by atoms with Crippen LogP contribution in [0.2, 0.25) is 0 Å². The number of nitrogens with one attached hydrogen (secondary N) is 1. The van der Waals surface area contributed by atoms with Crippen molar-refractivity contribution in [2.75, 3.05) is 25.0 Å². The second-order valence-electron chi connectivity index (χ2n) is 4.76. The number of piperidine rings is 1. The third kappa shape index (κ3) is 3.04. The summed E-state index contributed by atoms with van der Waals surface area (Å²) in [5.41, 5.74) is 0.588. The van der Waals surface area contributed by atoms with Crippen LogP contribution in [-0.4, -0.2) is 46.6 Å². The first kappa shape index (κ1) is 13.8. The summed E-state index contributed by atoms with van der Waals surface area (Å²) in [6.07, 6.45) is 4.62. The molecule has 0 spiro atoms. The maximum Gasteiger partial charge on any atom is 0.257 e. The molecule has 19 heavy (non-hydrogen) atoms. The van der Waals surface area contributed by atoms with Crippen LogP contribution < -0.4 is 5.32 Å². The molecule has 5 heteroatoms. The van der Waals surface area contributed by atoms with E-state index in [-0.39, 0.29) is 18.6 Å². The van der Waals surface area contributed by atoms with E-state index in [1.54, 1.807) is 23.2 Å². The number of hydrogen-bond donors (Lipinski definition) is 2. The van der Waals surface area contributed by atoms with Gasteiger partial charge in [0.1, 0.15) is 5.82 Å². The van der Waals surface area contributed by atoms with Gasteiger partial charge in [0.2, 0.25) is 0 Å². The van der Waals surface area contributed by atoms with Crippen LogP contribution in [0.15, 0.2) is 18.3 Å². The van der Waals surface area contributed by atoms with Gasteiger partial charge >= 0.3 is 0 Å². The van der Waals surface area contributed by atoms with Crippen LogP contribution in [0.4, 0.5) is 5.82 Å². The maximum absolute atomic E-state index is 12.6. The van der Waals surface area contributed by atoms with E-state index in [9.17, 15) is 9.90 Å². The zero-order valence-corrected chi connectivity index (χ0v) is 11.3. The normalized spacial score (nSPS) is 19.3. The lowest BCUT2D eigenvalue weighted by Gasteiger charge is -2.34. The first-order valence-corrected chi connectivity index (χ1v) is 6.88. The summed E-state index contributed by atoms with van der Waals surface area (Å²) in [6.45, 7) is 3.44. The second-order valence-corrected chi connectivity index (χ2v) is 4.76. The highest BCUT2D eigenvalue weighted by atomic mass is 16.3. The van der Waals surface area contributed by atoms with E-state index in [0.717, 1.165) is 25.8 Å². The first-order valence-electron chi connectivity index (χ1n) is 6.88. The molecule has 1 fully saturated rings. The molecule has 1 amide bonds. The lowest BCUT2D eigenvalue weighted by atomic mass is 10.0. The van der Waals surface area contributed by atoms with Crippen molar-refractivity contribution in [3.8, 4) is 0 Å². The molecule has 2 rings (SSSR count). The highest BCUT2D eigenvalue weighted by molar-refractivity contribution is 5.99. The van der Waals surface area contributed by atoms with Crippen LogP contribution in [0, 0.1) is 0 Å². The van der Waals surface area contributed by atoms with Crippen LogP contribution in [0.1, 0.15) is 36.5 Å². The standard InChI is InChI=1S/C14H21N3O2/c1-2-15-13-12(7-5-8-16-13)14(19)17-9-4-3-6-11(17)10-18/h5,7-8,11,18H,2-4,6,9-10H2,1H3,(H,15,16). The Hall–Kier alpha value is -1.62. The molecule has 1 atom stereocenters. The molecule has 2 heterocycles. The third-order valence-electron chi connectivity index (χ3n) is 3.48. The van der Waals surface area contributed by atoms with Crippen molar-refractivity contribution < 1.29 is 9.90 Å². The highest BCUT2D eigenvalue weighted by Gasteiger charge is 2.28. The number of aliphatic hydroxyl groups is 1. The van der Waals surface area contributed by atoms with E-state index >= 15 is 0 Å². The van der Waals surface area contributed by atoms with Crippen LogP contribution in [0.25, 0.3) is 0 Å². The van der Waals surface area contributed by atoms with Crippen LogP contribution in [0.5, 0.6) is 0 Å². The molecule has 1 aromatic rings. The Bertz CT molecular complexity index is 436. The summed E-state index contributed by atoms with van der Waals surface area (Å²) in [6, 6.07) is 3.50. The largest absolute Gasteiger partial charge is 0.394 e. The topological polar surface area (TPSA) is 65.5 Å². The molecule has 1 aliphatic rings. The van der Waals surface area contributed by atoms with Gasteiger partial charge in [-0.3, -0.25) is 4.79 Å². The van der Waals surface area contributed by atoms with Crippen molar-refractivity contribution in [1.29, 1.82) is 0 Å². The average molecular weight is 263 g/mol. The first-order chi connectivity index (χ1) is 9.27. The van der Waals surface area contributed by atoms with Gasteiger partial charge in [0.25, 0.3) is 5.91 Å². The van der Waals surface area contributed by atoms with E-state index in [0.29, 0.717) is 17.9 Å². The predicted molar refractivity (Wildman–Crippen MR) is 74.2 cm³/mol. The van der Waals surface area contributed by atoms with Crippen molar-refractivity contribution in [3.63, 3.8) is 0 Å². The molecule has 1 saturated heterocycles. The van der Waals surface area contributed by atoms with Crippen molar-refractivity contribution in [3.05, 3.63) is 23.9 Å². The van der Waals surface area contributed by atoms with E-state index in [1.165, 1.54) is 0 Å². The Morgan fingerprint density at radius 1 is 1.58 bits per heavy atom. The van der Waals surface area contributed by atoms with E-state index in [4.69, 9.17) is 0 Å². The summed E-state index contributed by atoms with van der Waals surface area (Å²) in [7, 11) is 0. The van der Waals surface area contributed by atoms with Gasteiger partial charge in [-0.2, -0.15) is 0 Å². The Balaban J connectivity index is 2.22. The minimum atomic E-state index is -0.0593. The van der Waals surface area contributed by atoms with Crippen molar-refractivity contribution >= 4 is 11.7 Å². The third-order valence-corrected chi connectivity index (χ3v) is 3.48. The summed E-state index contributed by atoms with van der Waals surface area (Å²) in [4.78, 5) is 18.6. The van der Waals surface area contributed by atoms with Gasteiger partial charge in [-0.15, -0.1) is 0 Å². The molecule has 104 valence electrons. The number of aromatic nitrogens is 1. The van der Waals surface area contributed by atoms with Crippen LogP contribution in [-0.2, 0) is 0 Å². The Kier molecular flexibility index (Phi) is 4.74. The van der Waals surface area contributed by atoms with Gasteiger partial charge in [-0.1, -0.05) is 0 Å². The lowest BCUT2D eigenvalue weighted by molar-refractivity contribution is 0.0503. The molecule has 1 unspecified atom stereocenters. The zero-order valence-electron chi connectivity index (χ0n) is 11.3. The molecular formula is C14H21N3O2. The predicted octanol–water partition coefficient (Wildman–Crippen LogP) is 1.50. The highest BCUT2D eigenvalue weighted by Crippen LogP contribution is 2.22. The summed E-state index contributed by atoms with van der Waals surface area (Å²) in [5, 5.41) is 12.5. The number of amides is 1. The number of pyridine rings is 1. The van der Waals surface area contributed by atoms with Crippen LogP contribution >= 0.6 is 0 Å². The number of nitrogens with zero attached hydrogens (tertiary/aromatic N) is 2. The number of likely N-dealkylation sites (tertiary alicyclic amines) is 1.